The van der Waals surface area contributed by atoms with Crippen LogP contribution in [-0.4, -0.2) is 29.2 Å². The zero-order valence-electron chi connectivity index (χ0n) is 9.34. The van der Waals surface area contributed by atoms with Crippen molar-refractivity contribution in [3.63, 3.8) is 0 Å². The van der Waals surface area contributed by atoms with Crippen LogP contribution in [0.2, 0.25) is 0 Å². The molecule has 0 aromatic carbocycles. The second-order valence-electron chi connectivity index (χ2n) is 3.50. The molecule has 1 aromatic rings. The summed E-state index contributed by atoms with van der Waals surface area (Å²) in [7, 11) is 0. The molecule has 0 unspecified atom stereocenters. The van der Waals surface area contributed by atoms with Crippen molar-refractivity contribution in [3.05, 3.63) is 28.6 Å². The Morgan fingerprint density at radius 1 is 1.62 bits per heavy atom. The molecule has 6 heteroatoms. The van der Waals surface area contributed by atoms with Crippen molar-refractivity contribution >= 4 is 11.4 Å². The fraction of sp³-hybridized carbons (Fsp3) is 0.500. The van der Waals surface area contributed by atoms with Crippen LogP contribution in [0.1, 0.15) is 13.8 Å². The molecule has 0 radical (unpaired) electrons. The summed E-state index contributed by atoms with van der Waals surface area (Å²) in [6.45, 7) is 4.92. The van der Waals surface area contributed by atoms with Crippen LogP contribution >= 0.6 is 0 Å². The lowest BCUT2D eigenvalue weighted by Crippen LogP contribution is -2.13. The van der Waals surface area contributed by atoms with Gasteiger partial charge in [-0.05, 0) is 19.9 Å². The molecule has 1 aromatic heterocycles. The minimum Gasteiger partial charge on any atom is -0.377 e. The highest BCUT2D eigenvalue weighted by molar-refractivity contribution is 5.59. The zero-order valence-corrected chi connectivity index (χ0v) is 9.34. The molecule has 0 fully saturated rings. The normalized spacial score (nSPS) is 10.4. The van der Waals surface area contributed by atoms with E-state index < -0.39 is 4.92 Å². The van der Waals surface area contributed by atoms with Crippen LogP contribution in [0.25, 0.3) is 0 Å². The van der Waals surface area contributed by atoms with Gasteiger partial charge in [-0.25, -0.2) is 0 Å². The average molecular weight is 225 g/mol. The maximum absolute atomic E-state index is 10.7. The van der Waals surface area contributed by atoms with Crippen molar-refractivity contribution in [1.82, 2.24) is 4.98 Å². The fourth-order valence-corrected chi connectivity index (χ4v) is 1.16. The van der Waals surface area contributed by atoms with Gasteiger partial charge < -0.3 is 10.1 Å². The van der Waals surface area contributed by atoms with Crippen molar-refractivity contribution in [2.24, 2.45) is 0 Å². The van der Waals surface area contributed by atoms with Gasteiger partial charge in [-0.15, -0.1) is 0 Å². The van der Waals surface area contributed by atoms with E-state index in [1.807, 2.05) is 13.8 Å². The molecule has 0 atom stereocenters. The monoisotopic (exact) mass is 225 g/mol. The SMILES string of the molecule is CC(C)OCCNc1ccncc1[N+](=O)[O-]. The largest absolute Gasteiger partial charge is 0.377 e. The minimum atomic E-state index is -0.460. The third-order valence-corrected chi connectivity index (χ3v) is 1.87. The predicted molar refractivity (Wildman–Crippen MR) is 60.5 cm³/mol. The number of hydrogen-bond donors (Lipinski definition) is 1. The molecule has 16 heavy (non-hydrogen) atoms. The maximum Gasteiger partial charge on any atom is 0.310 e. The molecular weight excluding hydrogens is 210 g/mol. The van der Waals surface area contributed by atoms with Gasteiger partial charge in [-0.3, -0.25) is 15.1 Å². The number of anilines is 1. The van der Waals surface area contributed by atoms with Gasteiger partial charge in [0.15, 0.2) is 0 Å². The Kier molecular flexibility index (Phi) is 4.65. The Morgan fingerprint density at radius 2 is 2.38 bits per heavy atom. The van der Waals surface area contributed by atoms with E-state index in [2.05, 4.69) is 10.3 Å². The molecular formula is C10H15N3O3. The van der Waals surface area contributed by atoms with E-state index in [4.69, 9.17) is 4.74 Å². The van der Waals surface area contributed by atoms with Crippen LogP contribution in [0.3, 0.4) is 0 Å². The van der Waals surface area contributed by atoms with E-state index in [1.54, 1.807) is 6.07 Å². The Balaban J connectivity index is 2.50. The van der Waals surface area contributed by atoms with Gasteiger partial charge in [0.25, 0.3) is 0 Å². The van der Waals surface area contributed by atoms with E-state index in [9.17, 15) is 10.1 Å². The number of nitrogens with one attached hydrogen (secondary N) is 1. The summed E-state index contributed by atoms with van der Waals surface area (Å²) in [4.78, 5) is 13.9. The van der Waals surface area contributed by atoms with Gasteiger partial charge in [-0.2, -0.15) is 0 Å². The molecule has 0 aliphatic carbocycles. The highest BCUT2D eigenvalue weighted by atomic mass is 16.6. The number of nitrogens with zero attached hydrogens (tertiary/aromatic N) is 2. The second kappa shape index (κ2) is 6.02. The Hall–Kier alpha value is -1.69. The minimum absolute atomic E-state index is 0.0213. The van der Waals surface area contributed by atoms with Crippen LogP contribution in [0.15, 0.2) is 18.5 Å². The molecule has 0 bridgehead atoms. The molecule has 88 valence electrons. The first-order valence-electron chi connectivity index (χ1n) is 5.05. The number of hydrogen-bond acceptors (Lipinski definition) is 5. The van der Waals surface area contributed by atoms with Gasteiger partial charge in [-0.1, -0.05) is 0 Å². The van der Waals surface area contributed by atoms with E-state index in [-0.39, 0.29) is 11.8 Å². The standard InChI is InChI=1S/C10H15N3O3/c1-8(2)16-6-5-12-9-3-4-11-7-10(9)13(14)15/h3-4,7-8H,5-6H2,1-2H3,(H,11,12). The number of ether oxygens (including phenoxy) is 1. The summed E-state index contributed by atoms with van der Waals surface area (Å²) in [6, 6.07) is 1.58. The van der Waals surface area contributed by atoms with Crippen molar-refractivity contribution in [3.8, 4) is 0 Å². The second-order valence-corrected chi connectivity index (χ2v) is 3.50. The third kappa shape index (κ3) is 3.82. The van der Waals surface area contributed by atoms with Crippen LogP contribution in [0, 0.1) is 10.1 Å². The summed E-state index contributed by atoms with van der Waals surface area (Å²) in [5.41, 5.74) is 0.444. The van der Waals surface area contributed by atoms with Gasteiger partial charge in [0.1, 0.15) is 11.9 Å². The topological polar surface area (TPSA) is 77.3 Å². The molecule has 6 nitrogen and oxygen atoms in total. The zero-order chi connectivity index (χ0) is 12.0. The highest BCUT2D eigenvalue weighted by Gasteiger charge is 2.12. The molecule has 0 aliphatic heterocycles. The average Bonchev–Trinajstić information content (AvgIpc) is 2.24. The van der Waals surface area contributed by atoms with E-state index in [1.165, 1.54) is 12.4 Å². The van der Waals surface area contributed by atoms with Crippen LogP contribution in [0.4, 0.5) is 11.4 Å². The summed E-state index contributed by atoms with van der Waals surface area (Å²) in [6.07, 6.45) is 2.90. The first-order valence-corrected chi connectivity index (χ1v) is 5.05. The molecule has 0 aliphatic rings. The van der Waals surface area contributed by atoms with Crippen molar-refractivity contribution in [2.45, 2.75) is 20.0 Å². The lowest BCUT2D eigenvalue weighted by molar-refractivity contribution is -0.384. The van der Waals surface area contributed by atoms with Crippen LogP contribution < -0.4 is 5.32 Å². The smallest absolute Gasteiger partial charge is 0.310 e. The molecule has 1 rings (SSSR count). The molecule has 0 saturated heterocycles. The summed E-state index contributed by atoms with van der Waals surface area (Å²) in [5.74, 6) is 0. The van der Waals surface area contributed by atoms with Crippen molar-refractivity contribution < 1.29 is 9.66 Å². The number of nitro groups is 1. The number of pyridine rings is 1. The predicted octanol–water partition coefficient (Wildman–Crippen LogP) is 1.83. The van der Waals surface area contributed by atoms with Crippen LogP contribution in [0.5, 0.6) is 0 Å². The lowest BCUT2D eigenvalue weighted by Gasteiger charge is -2.09. The number of aromatic nitrogens is 1. The first-order chi connectivity index (χ1) is 7.61. The number of rotatable bonds is 6. The van der Waals surface area contributed by atoms with E-state index in [0.717, 1.165) is 0 Å². The lowest BCUT2D eigenvalue weighted by atomic mass is 10.3. The Labute approximate surface area is 93.8 Å². The summed E-state index contributed by atoms with van der Waals surface area (Å²) in [5, 5.41) is 13.6. The van der Waals surface area contributed by atoms with E-state index in [0.29, 0.717) is 18.8 Å². The quantitative estimate of drug-likeness (QED) is 0.454. The van der Waals surface area contributed by atoms with Crippen molar-refractivity contribution in [2.75, 3.05) is 18.5 Å². The summed E-state index contributed by atoms with van der Waals surface area (Å²) < 4.78 is 5.32. The highest BCUT2D eigenvalue weighted by Crippen LogP contribution is 2.21. The van der Waals surface area contributed by atoms with E-state index >= 15 is 0 Å². The van der Waals surface area contributed by atoms with Gasteiger partial charge in [0.2, 0.25) is 0 Å². The molecule has 1 N–H and O–H groups in total. The Morgan fingerprint density at radius 3 is 3.00 bits per heavy atom. The first kappa shape index (κ1) is 12.4. The van der Waals surface area contributed by atoms with Gasteiger partial charge in [0, 0.05) is 12.7 Å². The third-order valence-electron chi connectivity index (χ3n) is 1.87. The molecule has 0 spiro atoms. The molecule has 0 saturated carbocycles. The van der Waals surface area contributed by atoms with Crippen molar-refractivity contribution in [1.29, 1.82) is 0 Å². The maximum atomic E-state index is 10.7. The molecule has 0 amide bonds. The van der Waals surface area contributed by atoms with Crippen LogP contribution in [-0.2, 0) is 4.74 Å². The van der Waals surface area contributed by atoms with Gasteiger partial charge in [0.05, 0.1) is 17.6 Å². The fourth-order valence-electron chi connectivity index (χ4n) is 1.16. The Bertz CT molecular complexity index is 355. The summed E-state index contributed by atoms with van der Waals surface area (Å²) >= 11 is 0. The molecule has 1 heterocycles. The van der Waals surface area contributed by atoms with Gasteiger partial charge >= 0.3 is 5.69 Å².